The van der Waals surface area contributed by atoms with Crippen LogP contribution in [0.25, 0.3) is 0 Å². The first kappa shape index (κ1) is 16.3. The molecule has 0 bridgehead atoms. The second kappa shape index (κ2) is 6.35. The fourth-order valence-electron chi connectivity index (χ4n) is 2.48. The maximum Gasteiger partial charge on any atom is 0.146 e. The van der Waals surface area contributed by atoms with Crippen LogP contribution in [0.3, 0.4) is 0 Å². The molecule has 0 spiro atoms. The maximum atomic E-state index is 14.5. The lowest BCUT2D eigenvalue weighted by molar-refractivity contribution is 0.423. The molecule has 0 aliphatic heterocycles. The third-order valence-electron chi connectivity index (χ3n) is 3.69. The monoisotopic (exact) mass is 292 g/mol. The zero-order chi connectivity index (χ0) is 15.6. The minimum Gasteiger partial charge on any atom is -0.366 e. The zero-order valence-corrected chi connectivity index (χ0v) is 14.0. The molecule has 0 amide bonds. The molecule has 0 saturated heterocycles. The molecule has 1 fully saturated rings. The van der Waals surface area contributed by atoms with E-state index in [-0.39, 0.29) is 11.4 Å². The molecule has 0 atom stereocenters. The third-order valence-corrected chi connectivity index (χ3v) is 3.69. The summed E-state index contributed by atoms with van der Waals surface area (Å²) in [6.07, 6.45) is 2.39. The van der Waals surface area contributed by atoms with Gasteiger partial charge < -0.3 is 10.2 Å². The van der Waals surface area contributed by atoms with Crippen LogP contribution in [0, 0.1) is 11.7 Å². The highest BCUT2D eigenvalue weighted by atomic mass is 19.1. The summed E-state index contributed by atoms with van der Waals surface area (Å²) in [4.78, 5) is 2.25. The Morgan fingerprint density at radius 2 is 1.95 bits per heavy atom. The van der Waals surface area contributed by atoms with Crippen molar-refractivity contribution >= 4 is 5.69 Å². The van der Waals surface area contributed by atoms with E-state index in [0.29, 0.717) is 18.5 Å². The molecule has 3 heteroatoms. The lowest BCUT2D eigenvalue weighted by atomic mass is 10.1. The normalized spacial score (nSPS) is 15.6. The highest BCUT2D eigenvalue weighted by Gasteiger charge is 2.31. The number of nitrogens with zero attached hydrogens (tertiary/aromatic N) is 1. The van der Waals surface area contributed by atoms with E-state index in [1.165, 1.54) is 12.8 Å². The van der Waals surface area contributed by atoms with Crippen molar-refractivity contribution < 1.29 is 4.39 Å². The van der Waals surface area contributed by atoms with Crippen LogP contribution in [-0.4, -0.2) is 18.1 Å². The molecular weight excluding hydrogens is 263 g/mol. The van der Waals surface area contributed by atoms with Gasteiger partial charge in [0.2, 0.25) is 0 Å². The first-order valence-electron chi connectivity index (χ1n) is 8.06. The summed E-state index contributed by atoms with van der Waals surface area (Å²) >= 11 is 0. The van der Waals surface area contributed by atoms with Gasteiger partial charge in [0.05, 0.1) is 5.69 Å². The molecule has 1 saturated carbocycles. The Kier molecular flexibility index (Phi) is 4.92. The molecule has 2 rings (SSSR count). The Balaban J connectivity index is 2.10. The van der Waals surface area contributed by atoms with Crippen molar-refractivity contribution in [3.8, 4) is 0 Å². The van der Waals surface area contributed by atoms with Crippen molar-refractivity contribution in [2.24, 2.45) is 5.92 Å². The average Bonchev–Trinajstić information content (AvgIpc) is 3.17. The summed E-state index contributed by atoms with van der Waals surface area (Å²) in [6.45, 7) is 12.4. The molecule has 0 heterocycles. The fourth-order valence-corrected chi connectivity index (χ4v) is 2.48. The van der Waals surface area contributed by atoms with Gasteiger partial charge in [0.15, 0.2) is 0 Å². The smallest absolute Gasteiger partial charge is 0.146 e. The number of anilines is 1. The highest BCUT2D eigenvalue weighted by molar-refractivity contribution is 5.51. The predicted octanol–water partition coefficient (Wildman–Crippen LogP) is 4.34. The molecule has 1 N–H and O–H groups in total. The van der Waals surface area contributed by atoms with Gasteiger partial charge in [0.1, 0.15) is 5.82 Å². The SMILES string of the molecule is CC(C)CN(c1ccc(CNC(C)(C)C)cc1F)C1CC1. The van der Waals surface area contributed by atoms with Crippen LogP contribution in [0.4, 0.5) is 10.1 Å². The highest BCUT2D eigenvalue weighted by Crippen LogP contribution is 2.34. The maximum absolute atomic E-state index is 14.5. The van der Waals surface area contributed by atoms with E-state index in [1.54, 1.807) is 6.07 Å². The number of rotatable bonds is 6. The lowest BCUT2D eigenvalue weighted by Crippen LogP contribution is -2.35. The van der Waals surface area contributed by atoms with Gasteiger partial charge in [-0.05, 0) is 57.2 Å². The largest absolute Gasteiger partial charge is 0.366 e. The molecule has 0 unspecified atom stereocenters. The number of halogens is 1. The number of nitrogens with one attached hydrogen (secondary N) is 1. The zero-order valence-electron chi connectivity index (χ0n) is 14.0. The van der Waals surface area contributed by atoms with Crippen molar-refractivity contribution in [2.45, 2.75) is 65.6 Å². The van der Waals surface area contributed by atoms with E-state index in [1.807, 2.05) is 12.1 Å². The van der Waals surface area contributed by atoms with Gasteiger partial charge in [-0.2, -0.15) is 0 Å². The van der Waals surface area contributed by atoms with Crippen LogP contribution >= 0.6 is 0 Å². The van der Waals surface area contributed by atoms with E-state index in [4.69, 9.17) is 0 Å². The average molecular weight is 292 g/mol. The van der Waals surface area contributed by atoms with Crippen LogP contribution in [0.2, 0.25) is 0 Å². The summed E-state index contributed by atoms with van der Waals surface area (Å²) in [5.41, 5.74) is 1.82. The van der Waals surface area contributed by atoms with E-state index in [9.17, 15) is 4.39 Å². The second-order valence-corrected chi connectivity index (χ2v) is 7.67. The van der Waals surface area contributed by atoms with Crippen LogP contribution in [-0.2, 0) is 6.54 Å². The molecule has 118 valence electrons. The Labute approximate surface area is 128 Å². The molecule has 1 aromatic carbocycles. The van der Waals surface area contributed by atoms with E-state index < -0.39 is 0 Å². The van der Waals surface area contributed by atoms with Gasteiger partial charge in [-0.15, -0.1) is 0 Å². The Hall–Kier alpha value is -1.09. The van der Waals surface area contributed by atoms with E-state index in [2.05, 4.69) is 44.8 Å². The van der Waals surface area contributed by atoms with Crippen molar-refractivity contribution in [3.05, 3.63) is 29.6 Å². The van der Waals surface area contributed by atoms with Crippen molar-refractivity contribution in [2.75, 3.05) is 11.4 Å². The van der Waals surface area contributed by atoms with Crippen LogP contribution in [0.1, 0.15) is 53.0 Å². The standard InChI is InChI=1S/C18H29FN2/c1-13(2)12-21(15-7-8-15)17-9-6-14(10-16(17)19)11-20-18(3,4)5/h6,9-10,13,15,20H,7-8,11-12H2,1-5H3. The summed E-state index contributed by atoms with van der Waals surface area (Å²) < 4.78 is 14.5. The molecule has 0 radical (unpaired) electrons. The molecule has 21 heavy (non-hydrogen) atoms. The first-order valence-corrected chi connectivity index (χ1v) is 8.06. The molecule has 1 aliphatic rings. The summed E-state index contributed by atoms with van der Waals surface area (Å²) in [6, 6.07) is 6.23. The van der Waals surface area contributed by atoms with Crippen LogP contribution in [0.5, 0.6) is 0 Å². The van der Waals surface area contributed by atoms with Gasteiger partial charge in [-0.25, -0.2) is 4.39 Å². The Bertz CT molecular complexity index is 473. The number of hydrogen-bond donors (Lipinski definition) is 1. The quantitative estimate of drug-likeness (QED) is 0.839. The number of hydrogen-bond acceptors (Lipinski definition) is 2. The van der Waals surface area contributed by atoms with Gasteiger partial charge in [-0.1, -0.05) is 19.9 Å². The lowest BCUT2D eigenvalue weighted by Gasteiger charge is -2.27. The van der Waals surface area contributed by atoms with E-state index in [0.717, 1.165) is 17.8 Å². The predicted molar refractivity (Wildman–Crippen MR) is 88.2 cm³/mol. The van der Waals surface area contributed by atoms with E-state index >= 15 is 0 Å². The Morgan fingerprint density at radius 3 is 2.43 bits per heavy atom. The second-order valence-electron chi connectivity index (χ2n) is 7.67. The fraction of sp³-hybridized carbons (Fsp3) is 0.667. The van der Waals surface area contributed by atoms with Gasteiger partial charge >= 0.3 is 0 Å². The molecule has 0 aromatic heterocycles. The van der Waals surface area contributed by atoms with Crippen molar-refractivity contribution in [3.63, 3.8) is 0 Å². The van der Waals surface area contributed by atoms with Crippen LogP contribution in [0.15, 0.2) is 18.2 Å². The topological polar surface area (TPSA) is 15.3 Å². The van der Waals surface area contributed by atoms with Crippen LogP contribution < -0.4 is 10.2 Å². The minimum atomic E-state index is -0.0873. The Morgan fingerprint density at radius 1 is 1.29 bits per heavy atom. The number of benzene rings is 1. The third kappa shape index (κ3) is 4.99. The van der Waals surface area contributed by atoms with Crippen molar-refractivity contribution in [1.29, 1.82) is 0 Å². The molecule has 1 aromatic rings. The molecule has 1 aliphatic carbocycles. The van der Waals surface area contributed by atoms with Gasteiger partial charge in [0, 0.05) is 24.7 Å². The minimum absolute atomic E-state index is 0.0485. The molecule has 2 nitrogen and oxygen atoms in total. The first-order chi connectivity index (χ1) is 9.76. The van der Waals surface area contributed by atoms with Crippen molar-refractivity contribution in [1.82, 2.24) is 5.32 Å². The van der Waals surface area contributed by atoms with Gasteiger partial charge in [0.25, 0.3) is 0 Å². The molecular formula is C18H29FN2. The summed E-state index contributed by atoms with van der Waals surface area (Å²) in [5, 5.41) is 3.40. The van der Waals surface area contributed by atoms with Gasteiger partial charge in [-0.3, -0.25) is 0 Å². The summed E-state index contributed by atoms with van der Waals surface area (Å²) in [5.74, 6) is 0.461. The summed E-state index contributed by atoms with van der Waals surface area (Å²) in [7, 11) is 0.